The predicted molar refractivity (Wildman–Crippen MR) is 91.3 cm³/mol. The highest BCUT2D eigenvalue weighted by Crippen LogP contribution is 2.30. The number of rotatable bonds is 4. The first kappa shape index (κ1) is 15.6. The maximum atomic E-state index is 12.2. The van der Waals surface area contributed by atoms with E-state index in [-0.39, 0.29) is 18.4 Å². The molecule has 1 N–H and O–H groups in total. The number of nitrogens with one attached hydrogen (secondary N) is 1. The summed E-state index contributed by atoms with van der Waals surface area (Å²) in [6.45, 7) is 0.744. The molecular formula is C18H17ClN2O2. The average Bonchev–Trinajstić information content (AvgIpc) is 2.95. The molecule has 0 saturated carbocycles. The molecule has 118 valence electrons. The van der Waals surface area contributed by atoms with E-state index in [0.717, 1.165) is 17.5 Å². The van der Waals surface area contributed by atoms with Crippen LogP contribution in [-0.2, 0) is 9.59 Å². The summed E-state index contributed by atoms with van der Waals surface area (Å²) in [6, 6.07) is 15.1. The summed E-state index contributed by atoms with van der Waals surface area (Å²) in [6.07, 6.45) is 1.35. The number of halogens is 1. The van der Waals surface area contributed by atoms with Crippen molar-refractivity contribution in [3.05, 3.63) is 53.6 Å². The van der Waals surface area contributed by atoms with E-state index in [4.69, 9.17) is 11.6 Å². The highest BCUT2D eigenvalue weighted by Gasteiger charge is 2.22. The summed E-state index contributed by atoms with van der Waals surface area (Å²) in [5, 5.41) is 3.50. The van der Waals surface area contributed by atoms with Crippen molar-refractivity contribution in [3.63, 3.8) is 0 Å². The van der Waals surface area contributed by atoms with E-state index < -0.39 is 0 Å². The molecule has 1 heterocycles. The molecule has 4 nitrogen and oxygen atoms in total. The van der Waals surface area contributed by atoms with Crippen LogP contribution < -0.4 is 5.32 Å². The number of anilines is 1. The molecule has 0 aromatic heterocycles. The van der Waals surface area contributed by atoms with Crippen molar-refractivity contribution in [3.8, 4) is 11.1 Å². The van der Waals surface area contributed by atoms with Gasteiger partial charge in [-0.15, -0.1) is 0 Å². The number of benzene rings is 2. The van der Waals surface area contributed by atoms with E-state index in [1.54, 1.807) is 17.0 Å². The van der Waals surface area contributed by atoms with E-state index in [1.807, 2.05) is 36.4 Å². The van der Waals surface area contributed by atoms with Gasteiger partial charge in [0.15, 0.2) is 0 Å². The molecule has 0 unspecified atom stereocenters. The van der Waals surface area contributed by atoms with E-state index in [1.165, 1.54) is 0 Å². The lowest BCUT2D eigenvalue weighted by atomic mass is 10.0. The third kappa shape index (κ3) is 3.71. The van der Waals surface area contributed by atoms with E-state index in [2.05, 4.69) is 5.32 Å². The van der Waals surface area contributed by atoms with Gasteiger partial charge in [0.1, 0.15) is 0 Å². The molecule has 2 aromatic rings. The molecule has 0 bridgehead atoms. The van der Waals surface area contributed by atoms with E-state index in [0.29, 0.717) is 23.7 Å². The number of carbonyl (C=O) groups excluding carboxylic acids is 2. The van der Waals surface area contributed by atoms with Crippen molar-refractivity contribution in [2.24, 2.45) is 0 Å². The Morgan fingerprint density at radius 1 is 1.17 bits per heavy atom. The number of hydrogen-bond donors (Lipinski definition) is 1. The SMILES string of the molecule is O=C(CN1CCCC1=O)Nc1ccc(Cl)cc1-c1ccccc1. The van der Waals surface area contributed by atoms with Crippen LogP contribution in [0.5, 0.6) is 0 Å². The first-order valence-electron chi connectivity index (χ1n) is 7.56. The lowest BCUT2D eigenvalue weighted by Gasteiger charge is -2.16. The smallest absolute Gasteiger partial charge is 0.244 e. The topological polar surface area (TPSA) is 49.4 Å². The van der Waals surface area contributed by atoms with Gasteiger partial charge in [0.25, 0.3) is 0 Å². The van der Waals surface area contributed by atoms with Crippen LogP contribution in [0, 0.1) is 0 Å². The molecule has 1 aliphatic heterocycles. The van der Waals surface area contributed by atoms with Crippen molar-refractivity contribution in [2.75, 3.05) is 18.4 Å². The number of hydrogen-bond acceptors (Lipinski definition) is 2. The molecule has 0 atom stereocenters. The molecule has 0 radical (unpaired) electrons. The second-order valence-corrected chi connectivity index (χ2v) is 5.96. The Labute approximate surface area is 140 Å². The van der Waals surface area contributed by atoms with Gasteiger partial charge in [-0.2, -0.15) is 0 Å². The van der Waals surface area contributed by atoms with Crippen molar-refractivity contribution in [1.82, 2.24) is 4.90 Å². The third-order valence-electron chi connectivity index (χ3n) is 3.85. The van der Waals surface area contributed by atoms with Crippen molar-refractivity contribution >= 4 is 29.1 Å². The van der Waals surface area contributed by atoms with Gasteiger partial charge >= 0.3 is 0 Å². The Bertz CT molecular complexity index is 731. The van der Waals surface area contributed by atoms with Gasteiger partial charge in [-0.3, -0.25) is 9.59 Å². The molecule has 1 saturated heterocycles. The third-order valence-corrected chi connectivity index (χ3v) is 4.08. The summed E-state index contributed by atoms with van der Waals surface area (Å²) in [7, 11) is 0. The minimum absolute atomic E-state index is 0.0412. The summed E-state index contributed by atoms with van der Waals surface area (Å²) in [5.74, 6) is -0.153. The maximum Gasteiger partial charge on any atom is 0.244 e. The largest absolute Gasteiger partial charge is 0.333 e. The van der Waals surface area contributed by atoms with Crippen molar-refractivity contribution in [2.45, 2.75) is 12.8 Å². The molecule has 1 fully saturated rings. The number of amides is 2. The zero-order valence-corrected chi connectivity index (χ0v) is 13.3. The van der Waals surface area contributed by atoms with Gasteiger partial charge in [-0.1, -0.05) is 41.9 Å². The van der Waals surface area contributed by atoms with Gasteiger partial charge < -0.3 is 10.2 Å². The van der Waals surface area contributed by atoms with Crippen LogP contribution in [0.15, 0.2) is 48.5 Å². The van der Waals surface area contributed by atoms with Gasteiger partial charge in [0.2, 0.25) is 11.8 Å². The summed E-state index contributed by atoms with van der Waals surface area (Å²) in [5.41, 5.74) is 2.53. The van der Waals surface area contributed by atoms with E-state index >= 15 is 0 Å². The van der Waals surface area contributed by atoms with Crippen LogP contribution in [0.4, 0.5) is 5.69 Å². The van der Waals surface area contributed by atoms with Crippen LogP contribution in [0.25, 0.3) is 11.1 Å². The fraction of sp³-hybridized carbons (Fsp3) is 0.222. The van der Waals surface area contributed by atoms with Crippen molar-refractivity contribution < 1.29 is 9.59 Å². The van der Waals surface area contributed by atoms with Crippen LogP contribution in [-0.4, -0.2) is 29.8 Å². The Kier molecular flexibility index (Phi) is 4.63. The second-order valence-electron chi connectivity index (χ2n) is 5.52. The van der Waals surface area contributed by atoms with Crippen LogP contribution in [0.3, 0.4) is 0 Å². The Hall–Kier alpha value is -2.33. The molecular weight excluding hydrogens is 312 g/mol. The monoisotopic (exact) mass is 328 g/mol. The molecule has 0 aliphatic carbocycles. The highest BCUT2D eigenvalue weighted by atomic mass is 35.5. The molecule has 3 rings (SSSR count). The number of nitrogens with zero attached hydrogens (tertiary/aromatic N) is 1. The summed E-state index contributed by atoms with van der Waals surface area (Å²) in [4.78, 5) is 25.5. The van der Waals surface area contributed by atoms with Gasteiger partial charge in [0.05, 0.1) is 6.54 Å². The fourth-order valence-corrected chi connectivity index (χ4v) is 2.89. The molecule has 23 heavy (non-hydrogen) atoms. The van der Waals surface area contributed by atoms with E-state index in [9.17, 15) is 9.59 Å². The van der Waals surface area contributed by atoms with Gasteiger partial charge in [-0.25, -0.2) is 0 Å². The zero-order valence-electron chi connectivity index (χ0n) is 12.6. The maximum absolute atomic E-state index is 12.2. The standard InChI is InChI=1S/C18H17ClN2O2/c19-14-8-9-16(15(11-14)13-5-2-1-3-6-13)20-17(22)12-21-10-4-7-18(21)23/h1-3,5-6,8-9,11H,4,7,10,12H2,(H,20,22). The highest BCUT2D eigenvalue weighted by molar-refractivity contribution is 6.31. The van der Waals surface area contributed by atoms with Crippen LogP contribution in [0.1, 0.15) is 12.8 Å². The van der Waals surface area contributed by atoms with Gasteiger partial charge in [-0.05, 0) is 30.2 Å². The van der Waals surface area contributed by atoms with Gasteiger partial charge in [0, 0.05) is 29.2 Å². The number of carbonyl (C=O) groups is 2. The molecule has 2 amide bonds. The Morgan fingerprint density at radius 3 is 2.65 bits per heavy atom. The first-order valence-corrected chi connectivity index (χ1v) is 7.94. The van der Waals surface area contributed by atoms with Crippen LogP contribution >= 0.6 is 11.6 Å². The predicted octanol–water partition coefficient (Wildman–Crippen LogP) is 3.57. The Morgan fingerprint density at radius 2 is 1.96 bits per heavy atom. The Balaban J connectivity index is 1.80. The quantitative estimate of drug-likeness (QED) is 0.932. The lowest BCUT2D eigenvalue weighted by molar-refractivity contribution is -0.131. The normalized spacial score (nSPS) is 14.1. The molecule has 5 heteroatoms. The summed E-state index contributed by atoms with van der Waals surface area (Å²) >= 11 is 6.09. The minimum atomic E-state index is -0.195. The van der Waals surface area contributed by atoms with Crippen LogP contribution in [0.2, 0.25) is 5.02 Å². The summed E-state index contributed by atoms with van der Waals surface area (Å²) < 4.78 is 0. The average molecular weight is 329 g/mol. The molecule has 1 aliphatic rings. The second kappa shape index (κ2) is 6.84. The molecule has 2 aromatic carbocycles. The lowest BCUT2D eigenvalue weighted by Crippen LogP contribution is -2.34. The van der Waals surface area contributed by atoms with Crippen molar-refractivity contribution in [1.29, 1.82) is 0 Å². The first-order chi connectivity index (χ1) is 11.1. The fourth-order valence-electron chi connectivity index (χ4n) is 2.72. The number of likely N-dealkylation sites (tertiary alicyclic amines) is 1. The minimum Gasteiger partial charge on any atom is -0.333 e. The molecule has 0 spiro atoms. The zero-order chi connectivity index (χ0) is 16.2.